The molecule has 0 aliphatic heterocycles. The molecule has 0 spiro atoms. The number of halogens is 2. The molecule has 1 aromatic carbocycles. The quantitative estimate of drug-likeness (QED) is 0.612. The average Bonchev–Trinajstić information content (AvgIpc) is 2.26. The zero-order chi connectivity index (χ0) is 11.3. The Morgan fingerprint density at radius 1 is 1.60 bits per heavy atom. The van der Waals surface area contributed by atoms with Crippen molar-refractivity contribution < 1.29 is 9.53 Å². The molecule has 0 saturated heterocycles. The van der Waals surface area contributed by atoms with E-state index >= 15 is 0 Å². The van der Waals surface area contributed by atoms with Gasteiger partial charge in [-0.15, -0.1) is 0 Å². The number of ether oxygens (including phenoxy) is 1. The fourth-order valence-corrected chi connectivity index (χ4v) is 1.41. The Morgan fingerprint density at radius 2 is 2.33 bits per heavy atom. The summed E-state index contributed by atoms with van der Waals surface area (Å²) in [6, 6.07) is 5.00. The third-order valence-electron chi connectivity index (χ3n) is 1.88. The summed E-state index contributed by atoms with van der Waals surface area (Å²) in [5.74, 6) is 1.04. The van der Waals surface area contributed by atoms with Crippen molar-refractivity contribution in [2.24, 2.45) is 5.92 Å². The topological polar surface area (TPSA) is 26.3 Å². The molecule has 0 bridgehead atoms. The maximum atomic E-state index is 10.5. The van der Waals surface area contributed by atoms with E-state index in [0.717, 1.165) is 11.6 Å². The van der Waals surface area contributed by atoms with E-state index in [-0.39, 0.29) is 0 Å². The molecular weight excluding hydrogens is 279 g/mol. The first-order valence-electron chi connectivity index (χ1n) is 4.61. The Morgan fingerprint density at radius 3 is 2.87 bits per heavy atom. The summed E-state index contributed by atoms with van der Waals surface area (Å²) in [6.45, 7) is 2.67. The van der Waals surface area contributed by atoms with Gasteiger partial charge in [-0.1, -0.05) is 34.5 Å². The molecule has 0 saturated carbocycles. The van der Waals surface area contributed by atoms with E-state index in [1.54, 1.807) is 18.2 Å². The van der Waals surface area contributed by atoms with Crippen molar-refractivity contribution in [3.05, 3.63) is 28.8 Å². The largest absolute Gasteiger partial charge is 0.492 e. The maximum absolute atomic E-state index is 10.5. The van der Waals surface area contributed by atoms with Crippen molar-refractivity contribution in [3.63, 3.8) is 0 Å². The molecule has 0 radical (unpaired) electrons. The van der Waals surface area contributed by atoms with Crippen molar-refractivity contribution in [3.8, 4) is 5.75 Å². The lowest BCUT2D eigenvalue weighted by Gasteiger charge is -2.11. The number of hydrogen-bond acceptors (Lipinski definition) is 2. The summed E-state index contributed by atoms with van der Waals surface area (Å²) in [5.41, 5.74) is 0.556. The number of alkyl halides is 1. The molecule has 4 heteroatoms. The summed E-state index contributed by atoms with van der Waals surface area (Å²) in [5, 5.41) is 1.36. The van der Waals surface area contributed by atoms with E-state index in [1.807, 2.05) is 0 Å². The molecule has 0 aromatic heterocycles. The van der Waals surface area contributed by atoms with Gasteiger partial charge in [0.1, 0.15) is 12.0 Å². The molecule has 0 aliphatic carbocycles. The molecule has 1 aromatic rings. The monoisotopic (exact) mass is 290 g/mol. The Balaban J connectivity index is 2.65. The van der Waals surface area contributed by atoms with Crippen LogP contribution in [-0.2, 0) is 0 Å². The van der Waals surface area contributed by atoms with Gasteiger partial charge in [0.25, 0.3) is 0 Å². The molecule has 0 amide bonds. The van der Waals surface area contributed by atoms with Gasteiger partial charge >= 0.3 is 0 Å². The van der Waals surface area contributed by atoms with Gasteiger partial charge in [0.2, 0.25) is 0 Å². The van der Waals surface area contributed by atoms with Crippen LogP contribution in [0.5, 0.6) is 5.75 Å². The van der Waals surface area contributed by atoms with Crippen LogP contribution in [0.25, 0.3) is 0 Å². The summed E-state index contributed by atoms with van der Waals surface area (Å²) in [6.07, 6.45) is 0.761. The van der Waals surface area contributed by atoms with Crippen LogP contribution in [0.3, 0.4) is 0 Å². The molecule has 15 heavy (non-hydrogen) atoms. The van der Waals surface area contributed by atoms with Gasteiger partial charge in [0.15, 0.2) is 0 Å². The second-order valence-electron chi connectivity index (χ2n) is 3.38. The average molecular weight is 292 g/mol. The molecule has 0 N–H and O–H groups in total. The van der Waals surface area contributed by atoms with E-state index < -0.39 is 0 Å². The lowest BCUT2D eigenvalue weighted by Crippen LogP contribution is -2.09. The Kier molecular flexibility index (Phi) is 5.12. The molecule has 1 unspecified atom stereocenters. The third kappa shape index (κ3) is 3.84. The highest BCUT2D eigenvalue weighted by Crippen LogP contribution is 2.25. The summed E-state index contributed by atoms with van der Waals surface area (Å²) >= 11 is 9.31. The summed E-state index contributed by atoms with van der Waals surface area (Å²) in [4.78, 5) is 10.5. The minimum Gasteiger partial charge on any atom is -0.492 e. The van der Waals surface area contributed by atoms with Gasteiger partial charge in [0.05, 0.1) is 11.6 Å². The minimum atomic E-state index is 0.423. The summed E-state index contributed by atoms with van der Waals surface area (Å²) in [7, 11) is 0. The first kappa shape index (κ1) is 12.5. The van der Waals surface area contributed by atoms with Crippen LogP contribution in [0.1, 0.15) is 17.3 Å². The lowest BCUT2D eigenvalue weighted by atomic mass is 10.2. The number of carbonyl (C=O) groups excluding carboxylic acids is 1. The molecule has 0 fully saturated rings. The standard InChI is InChI=1S/C11H12BrClO2/c1-8(5-12)7-15-11-3-2-9(6-14)4-10(11)13/h2-4,6,8H,5,7H2,1H3. The first-order chi connectivity index (χ1) is 7.17. The fraction of sp³-hybridized carbons (Fsp3) is 0.364. The SMILES string of the molecule is CC(CBr)COc1ccc(C=O)cc1Cl. The van der Waals surface area contributed by atoms with Gasteiger partial charge in [-0.05, 0) is 24.1 Å². The van der Waals surface area contributed by atoms with Crippen molar-refractivity contribution in [1.82, 2.24) is 0 Å². The van der Waals surface area contributed by atoms with Crippen molar-refractivity contribution in [1.29, 1.82) is 0 Å². The highest BCUT2D eigenvalue weighted by Gasteiger charge is 2.05. The number of carbonyl (C=O) groups is 1. The van der Waals surface area contributed by atoms with Crippen LogP contribution < -0.4 is 4.74 Å². The van der Waals surface area contributed by atoms with Crippen LogP contribution in [0.4, 0.5) is 0 Å². The van der Waals surface area contributed by atoms with Crippen LogP contribution in [0.2, 0.25) is 5.02 Å². The van der Waals surface area contributed by atoms with E-state index in [0.29, 0.717) is 28.9 Å². The number of hydrogen-bond donors (Lipinski definition) is 0. The van der Waals surface area contributed by atoms with Gasteiger partial charge in [-0.3, -0.25) is 4.79 Å². The molecule has 82 valence electrons. The maximum Gasteiger partial charge on any atom is 0.150 e. The zero-order valence-corrected chi connectivity index (χ0v) is 10.7. The Labute approximate surface area is 103 Å². The van der Waals surface area contributed by atoms with Gasteiger partial charge in [-0.25, -0.2) is 0 Å². The second-order valence-corrected chi connectivity index (χ2v) is 4.43. The highest BCUT2D eigenvalue weighted by molar-refractivity contribution is 9.09. The second kappa shape index (κ2) is 6.13. The zero-order valence-electron chi connectivity index (χ0n) is 8.37. The van der Waals surface area contributed by atoms with Crippen LogP contribution in [-0.4, -0.2) is 18.2 Å². The predicted octanol–water partition coefficient (Wildman–Crippen LogP) is 3.56. The van der Waals surface area contributed by atoms with Crippen molar-refractivity contribution >= 4 is 33.8 Å². The fourth-order valence-electron chi connectivity index (χ4n) is 0.984. The Hall–Kier alpha value is -0.540. The van der Waals surface area contributed by atoms with E-state index in [4.69, 9.17) is 16.3 Å². The van der Waals surface area contributed by atoms with Crippen molar-refractivity contribution in [2.45, 2.75) is 6.92 Å². The minimum absolute atomic E-state index is 0.423. The number of benzene rings is 1. The van der Waals surface area contributed by atoms with E-state index in [1.165, 1.54) is 0 Å². The van der Waals surface area contributed by atoms with Gasteiger partial charge in [0, 0.05) is 10.9 Å². The highest BCUT2D eigenvalue weighted by atomic mass is 79.9. The van der Waals surface area contributed by atoms with Crippen molar-refractivity contribution in [2.75, 3.05) is 11.9 Å². The molecule has 1 atom stereocenters. The van der Waals surface area contributed by atoms with Crippen LogP contribution in [0.15, 0.2) is 18.2 Å². The predicted molar refractivity (Wildman–Crippen MR) is 65.3 cm³/mol. The summed E-state index contributed by atoms with van der Waals surface area (Å²) < 4.78 is 5.51. The number of aldehydes is 1. The third-order valence-corrected chi connectivity index (χ3v) is 3.28. The molecule has 0 aliphatic rings. The number of rotatable bonds is 5. The van der Waals surface area contributed by atoms with E-state index in [9.17, 15) is 4.79 Å². The van der Waals surface area contributed by atoms with Gasteiger partial charge < -0.3 is 4.74 Å². The lowest BCUT2D eigenvalue weighted by molar-refractivity contribution is 0.112. The normalized spacial score (nSPS) is 12.2. The van der Waals surface area contributed by atoms with E-state index in [2.05, 4.69) is 22.9 Å². The molecular formula is C11H12BrClO2. The van der Waals surface area contributed by atoms with Crippen LogP contribution in [0, 0.1) is 5.92 Å². The molecule has 1 rings (SSSR count). The molecule has 2 nitrogen and oxygen atoms in total. The smallest absolute Gasteiger partial charge is 0.150 e. The Bertz CT molecular complexity index is 341. The van der Waals surface area contributed by atoms with Crippen LogP contribution >= 0.6 is 27.5 Å². The van der Waals surface area contributed by atoms with Gasteiger partial charge in [-0.2, -0.15) is 0 Å². The molecule has 0 heterocycles. The first-order valence-corrected chi connectivity index (χ1v) is 6.10.